The summed E-state index contributed by atoms with van der Waals surface area (Å²) < 4.78 is 0. The average molecular weight is 508 g/mol. The number of guanidine groups is 1. The van der Waals surface area contributed by atoms with Crippen molar-refractivity contribution in [1.82, 2.24) is 15.5 Å². The number of benzene rings is 2. The van der Waals surface area contributed by atoms with Crippen molar-refractivity contribution in [1.29, 1.82) is 0 Å². The first-order chi connectivity index (χ1) is 13.7. The Morgan fingerprint density at radius 3 is 2.52 bits per heavy atom. The van der Waals surface area contributed by atoms with Crippen molar-refractivity contribution in [2.75, 3.05) is 26.2 Å². The van der Waals surface area contributed by atoms with Gasteiger partial charge in [0.25, 0.3) is 0 Å². The average Bonchev–Trinajstić information content (AvgIpc) is 2.72. The zero-order valence-electron chi connectivity index (χ0n) is 17.3. The Kier molecular flexibility index (Phi) is 9.90. The van der Waals surface area contributed by atoms with Crippen molar-refractivity contribution in [2.24, 2.45) is 4.99 Å². The molecule has 0 fully saturated rings. The molecule has 0 spiro atoms. The molecule has 0 bridgehead atoms. The van der Waals surface area contributed by atoms with E-state index in [1.807, 2.05) is 25.1 Å². The second-order valence-corrected chi connectivity index (χ2v) is 7.40. The molecule has 1 aliphatic rings. The van der Waals surface area contributed by atoms with E-state index in [4.69, 9.17) is 0 Å². The van der Waals surface area contributed by atoms with Gasteiger partial charge in [0.05, 0.1) is 18.7 Å². The second-order valence-electron chi connectivity index (χ2n) is 7.40. The molecule has 6 heteroatoms. The van der Waals surface area contributed by atoms with Gasteiger partial charge in [0.15, 0.2) is 5.96 Å². The third-order valence-electron chi connectivity index (χ3n) is 5.14. The van der Waals surface area contributed by atoms with Crippen LogP contribution in [0.3, 0.4) is 0 Å². The summed E-state index contributed by atoms with van der Waals surface area (Å²) in [6.07, 6.45) is 0.568. The van der Waals surface area contributed by atoms with Crippen LogP contribution in [0.1, 0.15) is 36.6 Å². The highest BCUT2D eigenvalue weighted by atomic mass is 127. The summed E-state index contributed by atoms with van der Waals surface area (Å²) in [6, 6.07) is 19.0. The van der Waals surface area contributed by atoms with Gasteiger partial charge >= 0.3 is 0 Å². The molecule has 1 heterocycles. The summed E-state index contributed by atoms with van der Waals surface area (Å²) in [5.74, 6) is 0.738. The van der Waals surface area contributed by atoms with Gasteiger partial charge in [-0.05, 0) is 37.0 Å². The largest absolute Gasteiger partial charge is 0.390 e. The molecule has 0 saturated heterocycles. The molecule has 3 N–H and O–H groups in total. The second kappa shape index (κ2) is 12.1. The minimum Gasteiger partial charge on any atom is -0.390 e. The topological polar surface area (TPSA) is 59.9 Å². The maximum atomic E-state index is 10.5. The third kappa shape index (κ3) is 7.28. The molecule has 29 heavy (non-hydrogen) atoms. The van der Waals surface area contributed by atoms with Gasteiger partial charge < -0.3 is 15.7 Å². The number of halogens is 1. The lowest BCUT2D eigenvalue weighted by molar-refractivity contribution is 0.111. The maximum absolute atomic E-state index is 10.5. The number of aliphatic hydroxyl groups is 1. The summed E-state index contributed by atoms with van der Waals surface area (Å²) >= 11 is 0. The van der Waals surface area contributed by atoms with E-state index < -0.39 is 6.10 Å². The molecule has 3 rings (SSSR count). The smallest absolute Gasteiger partial charge is 0.191 e. The Labute approximate surface area is 191 Å². The van der Waals surface area contributed by atoms with Crippen molar-refractivity contribution in [3.05, 3.63) is 71.3 Å². The predicted octanol–water partition coefficient (Wildman–Crippen LogP) is 3.34. The van der Waals surface area contributed by atoms with E-state index in [0.29, 0.717) is 13.1 Å². The molecular formula is C23H33IN4O. The van der Waals surface area contributed by atoms with Gasteiger partial charge in [-0.3, -0.25) is 9.89 Å². The number of aliphatic imine (C=N–C) groups is 1. The number of aliphatic hydroxyl groups excluding tert-OH is 1. The normalized spacial score (nSPS) is 16.3. The van der Waals surface area contributed by atoms with Crippen LogP contribution in [0.25, 0.3) is 0 Å². The van der Waals surface area contributed by atoms with Gasteiger partial charge in [0.1, 0.15) is 0 Å². The Balaban J connectivity index is 0.00000300. The number of nitrogens with one attached hydrogen (secondary N) is 2. The maximum Gasteiger partial charge on any atom is 0.191 e. The number of hydrogen-bond donors (Lipinski definition) is 3. The van der Waals surface area contributed by atoms with Gasteiger partial charge in [0, 0.05) is 26.2 Å². The zero-order chi connectivity index (χ0) is 19.8. The number of hydrogen-bond acceptors (Lipinski definition) is 3. The van der Waals surface area contributed by atoms with Crippen molar-refractivity contribution in [3.8, 4) is 0 Å². The molecule has 2 aromatic carbocycles. The third-order valence-corrected chi connectivity index (χ3v) is 5.14. The first-order valence-electron chi connectivity index (χ1n) is 10.2. The Morgan fingerprint density at radius 1 is 1.10 bits per heavy atom. The Bertz CT molecular complexity index is 768. The molecule has 0 saturated carbocycles. The number of β-amino-alcohol motifs (C(OH)–C–C–N with tert-alkyl or cyclic N) is 1. The van der Waals surface area contributed by atoms with Crippen LogP contribution in [0.15, 0.2) is 59.6 Å². The minimum atomic E-state index is -0.479. The standard InChI is InChI=1S/C23H32N4O.HI/c1-3-24-23(26-18(2)19-9-5-4-6-10-19)25-15-22(28)17-27-14-13-20-11-7-8-12-21(20)16-27;/h4-12,18,22,28H,3,13-17H2,1-2H3,(H2,24,25,26);1H. The monoisotopic (exact) mass is 508 g/mol. The highest BCUT2D eigenvalue weighted by Gasteiger charge is 2.18. The lowest BCUT2D eigenvalue weighted by Gasteiger charge is -2.30. The summed E-state index contributed by atoms with van der Waals surface area (Å²) in [6.45, 7) is 7.87. The molecule has 0 aliphatic carbocycles. The summed E-state index contributed by atoms with van der Waals surface area (Å²) in [4.78, 5) is 6.92. The van der Waals surface area contributed by atoms with E-state index in [2.05, 4.69) is 63.8 Å². The van der Waals surface area contributed by atoms with Gasteiger partial charge in [-0.15, -0.1) is 24.0 Å². The molecule has 0 aromatic heterocycles. The van der Waals surface area contributed by atoms with Gasteiger partial charge in [0.2, 0.25) is 0 Å². The van der Waals surface area contributed by atoms with Crippen LogP contribution in [-0.2, 0) is 13.0 Å². The van der Waals surface area contributed by atoms with Gasteiger partial charge in [-0.2, -0.15) is 0 Å². The molecule has 0 radical (unpaired) electrons. The van der Waals surface area contributed by atoms with Crippen molar-refractivity contribution < 1.29 is 5.11 Å². The molecule has 2 atom stereocenters. The van der Waals surface area contributed by atoms with Crippen molar-refractivity contribution in [3.63, 3.8) is 0 Å². The van der Waals surface area contributed by atoms with E-state index in [9.17, 15) is 5.11 Å². The number of nitrogens with zero attached hydrogens (tertiary/aromatic N) is 2. The molecular weight excluding hydrogens is 475 g/mol. The summed E-state index contributed by atoms with van der Waals surface area (Å²) in [5.41, 5.74) is 4.01. The van der Waals surface area contributed by atoms with Crippen LogP contribution in [0, 0.1) is 0 Å². The van der Waals surface area contributed by atoms with Crippen LogP contribution in [0.4, 0.5) is 0 Å². The fourth-order valence-corrected chi connectivity index (χ4v) is 3.61. The molecule has 2 unspecified atom stereocenters. The lowest BCUT2D eigenvalue weighted by atomic mass is 10.00. The van der Waals surface area contributed by atoms with Crippen LogP contribution < -0.4 is 10.6 Å². The predicted molar refractivity (Wildman–Crippen MR) is 131 cm³/mol. The molecule has 5 nitrogen and oxygen atoms in total. The fraction of sp³-hybridized carbons (Fsp3) is 0.435. The van der Waals surface area contributed by atoms with Crippen LogP contribution in [0.5, 0.6) is 0 Å². The number of rotatable bonds is 7. The number of fused-ring (bicyclic) bond motifs is 1. The van der Waals surface area contributed by atoms with Crippen molar-refractivity contribution in [2.45, 2.75) is 39.0 Å². The molecule has 0 amide bonds. The SMILES string of the molecule is CCNC(=NCC(O)CN1CCc2ccccc2C1)NC(C)c1ccccc1.I. The van der Waals surface area contributed by atoms with Crippen LogP contribution >= 0.6 is 24.0 Å². The van der Waals surface area contributed by atoms with Crippen molar-refractivity contribution >= 4 is 29.9 Å². The zero-order valence-corrected chi connectivity index (χ0v) is 19.7. The molecule has 2 aromatic rings. The van der Waals surface area contributed by atoms with Crippen LogP contribution in [-0.4, -0.2) is 48.2 Å². The highest BCUT2D eigenvalue weighted by molar-refractivity contribution is 14.0. The van der Waals surface area contributed by atoms with E-state index >= 15 is 0 Å². The van der Waals surface area contributed by atoms with Gasteiger partial charge in [-0.25, -0.2) is 0 Å². The minimum absolute atomic E-state index is 0. The lowest BCUT2D eigenvalue weighted by Crippen LogP contribution is -2.41. The summed E-state index contributed by atoms with van der Waals surface area (Å²) in [5, 5.41) is 17.2. The van der Waals surface area contributed by atoms with E-state index in [1.165, 1.54) is 16.7 Å². The first-order valence-corrected chi connectivity index (χ1v) is 10.2. The highest BCUT2D eigenvalue weighted by Crippen LogP contribution is 2.18. The van der Waals surface area contributed by atoms with Crippen LogP contribution in [0.2, 0.25) is 0 Å². The van der Waals surface area contributed by atoms with E-state index in [1.54, 1.807) is 0 Å². The summed E-state index contributed by atoms with van der Waals surface area (Å²) in [7, 11) is 0. The molecule has 1 aliphatic heterocycles. The first kappa shape index (κ1) is 23.6. The Morgan fingerprint density at radius 2 is 1.79 bits per heavy atom. The Hall–Kier alpha value is -1.64. The van der Waals surface area contributed by atoms with E-state index in [-0.39, 0.29) is 30.0 Å². The fourth-order valence-electron chi connectivity index (χ4n) is 3.61. The quantitative estimate of drug-likeness (QED) is 0.305. The van der Waals surface area contributed by atoms with Gasteiger partial charge in [-0.1, -0.05) is 54.6 Å². The molecule has 158 valence electrons. The van der Waals surface area contributed by atoms with E-state index in [0.717, 1.165) is 32.0 Å².